The molecule has 0 bridgehead atoms. The number of hydrogen-bond donors (Lipinski definition) is 2. The predicted molar refractivity (Wildman–Crippen MR) is 98.4 cm³/mol. The molecule has 1 aromatic heterocycles. The van der Waals surface area contributed by atoms with Crippen LogP contribution in [0.25, 0.3) is 0 Å². The molecule has 0 amide bonds. The third kappa shape index (κ3) is 7.88. The lowest BCUT2D eigenvalue weighted by atomic mass is 10.1. The maximum Gasteiger partial charge on any atom is 0.411 e. The molecule has 0 radical (unpaired) electrons. The van der Waals surface area contributed by atoms with Crippen molar-refractivity contribution >= 4 is 17.3 Å². The van der Waals surface area contributed by atoms with E-state index in [2.05, 4.69) is 21.7 Å². The van der Waals surface area contributed by atoms with Crippen molar-refractivity contribution in [2.45, 2.75) is 25.7 Å². The minimum absolute atomic E-state index is 0.0683. The number of aliphatic imine (C=N–C) groups is 1. The van der Waals surface area contributed by atoms with E-state index in [4.69, 9.17) is 4.74 Å². The monoisotopic (exact) mass is 385 g/mol. The molecule has 0 unspecified atom stereocenters. The summed E-state index contributed by atoms with van der Waals surface area (Å²) in [6.45, 7) is -0.0191. The number of nitrogens with zero attached hydrogens (tertiary/aromatic N) is 1. The first-order valence-corrected chi connectivity index (χ1v) is 9.03. The summed E-state index contributed by atoms with van der Waals surface area (Å²) in [6, 6.07) is 11.4. The lowest BCUT2D eigenvalue weighted by molar-refractivity contribution is -0.176. The number of rotatable bonds is 8. The van der Waals surface area contributed by atoms with Crippen LogP contribution in [-0.4, -0.2) is 32.3 Å². The Labute approximate surface area is 155 Å². The average Bonchev–Trinajstić information content (AvgIpc) is 3.10. The van der Waals surface area contributed by atoms with Crippen molar-refractivity contribution in [1.82, 2.24) is 10.6 Å². The molecule has 0 spiro atoms. The molecule has 0 saturated carbocycles. The maximum absolute atomic E-state index is 12.1. The molecule has 142 valence electrons. The molecule has 0 fully saturated rings. The van der Waals surface area contributed by atoms with Gasteiger partial charge in [0.2, 0.25) is 0 Å². The Morgan fingerprint density at radius 1 is 1.15 bits per heavy atom. The number of alkyl halides is 3. The lowest BCUT2D eigenvalue weighted by Crippen LogP contribution is -2.37. The number of hydrogen-bond acceptors (Lipinski definition) is 3. The SMILES string of the molecule is CN=C(NCCc1cccs1)NCc1cccc(COCC(F)(F)F)c1. The Morgan fingerprint density at radius 2 is 1.96 bits per heavy atom. The quantitative estimate of drug-likeness (QED) is 0.538. The second-order valence-electron chi connectivity index (χ2n) is 5.61. The molecular formula is C18H22F3N3OS. The lowest BCUT2D eigenvalue weighted by Gasteiger charge is -2.12. The van der Waals surface area contributed by atoms with E-state index in [-0.39, 0.29) is 6.61 Å². The molecule has 26 heavy (non-hydrogen) atoms. The fraction of sp³-hybridized carbons (Fsp3) is 0.389. The zero-order valence-corrected chi connectivity index (χ0v) is 15.3. The molecule has 0 saturated heterocycles. The Bertz CT molecular complexity index is 687. The third-order valence-corrected chi connectivity index (χ3v) is 4.39. The Kier molecular flexibility index (Phi) is 7.93. The largest absolute Gasteiger partial charge is 0.411 e. The van der Waals surface area contributed by atoms with Crippen LogP contribution in [0.4, 0.5) is 13.2 Å². The molecule has 2 rings (SSSR count). The van der Waals surface area contributed by atoms with Gasteiger partial charge in [0, 0.05) is 25.0 Å². The first-order valence-electron chi connectivity index (χ1n) is 8.15. The summed E-state index contributed by atoms with van der Waals surface area (Å²) >= 11 is 1.72. The van der Waals surface area contributed by atoms with Gasteiger partial charge in [-0.2, -0.15) is 13.2 Å². The van der Waals surface area contributed by atoms with Crippen LogP contribution in [-0.2, 0) is 24.3 Å². The average molecular weight is 385 g/mol. The summed E-state index contributed by atoms with van der Waals surface area (Å²) in [6.07, 6.45) is -3.38. The van der Waals surface area contributed by atoms with Crippen LogP contribution >= 0.6 is 11.3 Å². The molecule has 8 heteroatoms. The highest BCUT2D eigenvalue weighted by atomic mass is 32.1. The van der Waals surface area contributed by atoms with E-state index in [0.717, 1.165) is 18.5 Å². The first-order chi connectivity index (χ1) is 12.5. The standard InChI is InChI=1S/C18H22F3N3OS/c1-22-17(23-8-7-16-6-3-9-26-16)24-11-14-4-2-5-15(10-14)12-25-13-18(19,20)21/h2-6,9-10H,7-8,11-13H2,1H3,(H2,22,23,24). The van der Waals surface area contributed by atoms with Gasteiger partial charge in [-0.05, 0) is 29.0 Å². The predicted octanol–water partition coefficient (Wildman–Crippen LogP) is 3.73. The number of thiophene rings is 1. The molecular weight excluding hydrogens is 363 g/mol. The molecule has 4 nitrogen and oxygen atoms in total. The van der Waals surface area contributed by atoms with Crippen molar-refractivity contribution < 1.29 is 17.9 Å². The molecule has 0 atom stereocenters. The number of benzene rings is 1. The first kappa shape index (κ1) is 20.3. The van der Waals surface area contributed by atoms with Gasteiger partial charge < -0.3 is 15.4 Å². The van der Waals surface area contributed by atoms with Crippen LogP contribution in [0.2, 0.25) is 0 Å². The van der Waals surface area contributed by atoms with E-state index in [1.54, 1.807) is 30.5 Å². The summed E-state index contributed by atoms with van der Waals surface area (Å²) in [4.78, 5) is 5.47. The zero-order valence-electron chi connectivity index (χ0n) is 14.5. The van der Waals surface area contributed by atoms with Gasteiger partial charge in [0.1, 0.15) is 6.61 Å². The van der Waals surface area contributed by atoms with Crippen LogP contribution in [0.5, 0.6) is 0 Å². The van der Waals surface area contributed by atoms with Crippen molar-refractivity contribution in [3.63, 3.8) is 0 Å². The Morgan fingerprint density at radius 3 is 2.65 bits per heavy atom. The number of halogens is 3. The normalized spacial score (nSPS) is 12.2. The van der Waals surface area contributed by atoms with E-state index in [1.165, 1.54) is 4.88 Å². The minimum atomic E-state index is -4.31. The Balaban J connectivity index is 1.75. The van der Waals surface area contributed by atoms with Crippen molar-refractivity contribution in [2.75, 3.05) is 20.2 Å². The fourth-order valence-electron chi connectivity index (χ4n) is 2.28. The Hall–Kier alpha value is -2.06. The van der Waals surface area contributed by atoms with Gasteiger partial charge in [-0.15, -0.1) is 11.3 Å². The molecule has 0 aliphatic carbocycles. The summed E-state index contributed by atoms with van der Waals surface area (Å²) in [7, 11) is 1.70. The molecule has 1 heterocycles. The van der Waals surface area contributed by atoms with E-state index in [1.807, 2.05) is 23.6 Å². The number of ether oxygens (including phenoxy) is 1. The van der Waals surface area contributed by atoms with E-state index >= 15 is 0 Å². The fourth-order valence-corrected chi connectivity index (χ4v) is 2.99. The summed E-state index contributed by atoms with van der Waals surface area (Å²) in [5, 5.41) is 8.48. The second-order valence-corrected chi connectivity index (χ2v) is 6.64. The van der Waals surface area contributed by atoms with Crippen molar-refractivity contribution in [2.24, 2.45) is 4.99 Å². The number of guanidine groups is 1. The van der Waals surface area contributed by atoms with Crippen molar-refractivity contribution in [3.05, 3.63) is 57.8 Å². The van der Waals surface area contributed by atoms with Gasteiger partial charge in [-0.1, -0.05) is 30.3 Å². The third-order valence-electron chi connectivity index (χ3n) is 3.45. The molecule has 2 N–H and O–H groups in total. The molecule has 0 aliphatic rings. The molecule has 2 aromatic rings. The summed E-state index contributed by atoms with van der Waals surface area (Å²) < 4.78 is 41.1. The highest BCUT2D eigenvalue weighted by molar-refractivity contribution is 7.09. The van der Waals surface area contributed by atoms with Gasteiger partial charge in [0.05, 0.1) is 6.61 Å². The van der Waals surface area contributed by atoms with Gasteiger partial charge >= 0.3 is 6.18 Å². The van der Waals surface area contributed by atoms with E-state index in [9.17, 15) is 13.2 Å². The topological polar surface area (TPSA) is 45.7 Å². The van der Waals surface area contributed by atoms with Gasteiger partial charge in [-0.3, -0.25) is 4.99 Å². The van der Waals surface area contributed by atoms with Gasteiger partial charge in [0.25, 0.3) is 0 Å². The van der Waals surface area contributed by atoms with Crippen LogP contribution in [0.15, 0.2) is 46.8 Å². The maximum atomic E-state index is 12.1. The zero-order chi connectivity index (χ0) is 18.8. The summed E-state index contributed by atoms with van der Waals surface area (Å²) in [5.74, 6) is 0.681. The van der Waals surface area contributed by atoms with Crippen molar-refractivity contribution in [3.8, 4) is 0 Å². The van der Waals surface area contributed by atoms with Gasteiger partial charge in [-0.25, -0.2) is 0 Å². The minimum Gasteiger partial charge on any atom is -0.367 e. The van der Waals surface area contributed by atoms with Crippen LogP contribution < -0.4 is 10.6 Å². The highest BCUT2D eigenvalue weighted by Gasteiger charge is 2.27. The molecule has 0 aliphatic heterocycles. The van der Waals surface area contributed by atoms with Crippen LogP contribution in [0.1, 0.15) is 16.0 Å². The van der Waals surface area contributed by atoms with E-state index < -0.39 is 12.8 Å². The second kappa shape index (κ2) is 10.2. The van der Waals surface area contributed by atoms with Gasteiger partial charge in [0.15, 0.2) is 5.96 Å². The summed E-state index contributed by atoms with van der Waals surface area (Å²) in [5.41, 5.74) is 1.65. The van der Waals surface area contributed by atoms with E-state index in [0.29, 0.717) is 18.1 Å². The van der Waals surface area contributed by atoms with Crippen LogP contribution in [0.3, 0.4) is 0 Å². The molecule has 1 aromatic carbocycles. The highest BCUT2D eigenvalue weighted by Crippen LogP contribution is 2.16. The van der Waals surface area contributed by atoms with Crippen LogP contribution in [0, 0.1) is 0 Å². The smallest absolute Gasteiger partial charge is 0.367 e. The number of nitrogens with one attached hydrogen (secondary N) is 2. The van der Waals surface area contributed by atoms with Crippen molar-refractivity contribution in [1.29, 1.82) is 0 Å².